The Hall–Kier alpha value is -0.860. The second kappa shape index (κ2) is 7.42. The Kier molecular flexibility index (Phi) is 6.42. The molecular formula is C13H25NO6S. The average Bonchev–Trinajstić information content (AvgIpc) is 2.32. The summed E-state index contributed by atoms with van der Waals surface area (Å²) in [5.74, 6) is 0. The molecule has 0 bridgehead atoms. The lowest BCUT2D eigenvalue weighted by atomic mass is 10.1. The van der Waals surface area contributed by atoms with Gasteiger partial charge in [0.05, 0.1) is 32.1 Å². The number of hydrogen-bond acceptors (Lipinski definition) is 6. The molecule has 1 saturated heterocycles. The average molecular weight is 323 g/mol. The molecule has 1 aliphatic rings. The maximum atomic E-state index is 12.0. The van der Waals surface area contributed by atoms with Crippen molar-refractivity contribution in [1.82, 2.24) is 4.90 Å². The van der Waals surface area contributed by atoms with E-state index in [0.29, 0.717) is 32.5 Å². The zero-order chi connectivity index (χ0) is 16.1. The Balaban J connectivity index is 2.33. The lowest BCUT2D eigenvalue weighted by Crippen LogP contribution is -2.47. The van der Waals surface area contributed by atoms with Crippen LogP contribution >= 0.6 is 0 Å². The molecular weight excluding hydrogens is 298 g/mol. The van der Waals surface area contributed by atoms with Crippen LogP contribution in [0.3, 0.4) is 0 Å². The van der Waals surface area contributed by atoms with E-state index in [-0.39, 0.29) is 18.8 Å². The number of nitrogens with zero attached hydrogens (tertiary/aromatic N) is 1. The second-order valence-corrected chi connectivity index (χ2v) is 7.73. The van der Waals surface area contributed by atoms with Gasteiger partial charge in [0.25, 0.3) is 10.1 Å². The molecule has 1 amide bonds. The van der Waals surface area contributed by atoms with Crippen LogP contribution in [0.1, 0.15) is 33.6 Å². The van der Waals surface area contributed by atoms with Crippen LogP contribution in [0.25, 0.3) is 0 Å². The van der Waals surface area contributed by atoms with Crippen molar-refractivity contribution in [3.63, 3.8) is 0 Å². The number of amides is 1. The zero-order valence-corrected chi connectivity index (χ0v) is 13.9. The molecule has 21 heavy (non-hydrogen) atoms. The lowest BCUT2D eigenvalue weighted by molar-refractivity contribution is -0.0457. The van der Waals surface area contributed by atoms with Crippen molar-refractivity contribution < 1.29 is 26.9 Å². The van der Waals surface area contributed by atoms with E-state index in [2.05, 4.69) is 4.18 Å². The fourth-order valence-corrected chi connectivity index (χ4v) is 2.33. The summed E-state index contributed by atoms with van der Waals surface area (Å²) in [4.78, 5) is 13.6. The van der Waals surface area contributed by atoms with Crippen LogP contribution in [0.5, 0.6) is 0 Å². The molecule has 1 rings (SSSR count). The van der Waals surface area contributed by atoms with E-state index in [9.17, 15) is 13.2 Å². The SMILES string of the molecule is CC(C)(C)OC(=O)N1CCO[C@@H](CCCOS(C)(=O)=O)C1. The predicted octanol–water partition coefficient (Wildman–Crippen LogP) is 1.38. The molecule has 1 aliphatic heterocycles. The van der Waals surface area contributed by atoms with Gasteiger partial charge in [0, 0.05) is 6.54 Å². The van der Waals surface area contributed by atoms with Crippen molar-refractivity contribution in [2.75, 3.05) is 32.6 Å². The Labute approximate surface area is 126 Å². The van der Waals surface area contributed by atoms with Crippen LogP contribution in [0.15, 0.2) is 0 Å². The Bertz CT molecular complexity index is 442. The van der Waals surface area contributed by atoms with Crippen LogP contribution in [0.4, 0.5) is 4.79 Å². The van der Waals surface area contributed by atoms with Crippen LogP contribution in [-0.4, -0.2) is 63.7 Å². The van der Waals surface area contributed by atoms with E-state index in [1.54, 1.807) is 4.90 Å². The van der Waals surface area contributed by atoms with Crippen LogP contribution in [0, 0.1) is 0 Å². The smallest absolute Gasteiger partial charge is 0.410 e. The van der Waals surface area contributed by atoms with Crippen molar-refractivity contribution in [2.45, 2.75) is 45.3 Å². The van der Waals surface area contributed by atoms with Gasteiger partial charge in [0.1, 0.15) is 5.60 Å². The molecule has 0 aromatic rings. The highest BCUT2D eigenvalue weighted by molar-refractivity contribution is 7.85. The Morgan fingerprint density at radius 3 is 2.62 bits per heavy atom. The summed E-state index contributed by atoms with van der Waals surface area (Å²) in [5.41, 5.74) is -0.520. The molecule has 1 atom stereocenters. The minimum atomic E-state index is -3.40. The fraction of sp³-hybridized carbons (Fsp3) is 0.923. The standard InChI is InChI=1S/C13H25NO6S/c1-13(2,3)20-12(15)14-7-9-18-11(10-14)6-5-8-19-21(4,16)17/h11H,5-10H2,1-4H3/t11-/m0/s1. The summed E-state index contributed by atoms with van der Waals surface area (Å²) in [6.07, 6.45) is 1.75. The van der Waals surface area contributed by atoms with E-state index in [0.717, 1.165) is 6.26 Å². The topological polar surface area (TPSA) is 82.1 Å². The van der Waals surface area contributed by atoms with Gasteiger partial charge in [-0.05, 0) is 33.6 Å². The molecule has 0 aromatic heterocycles. The molecule has 0 aliphatic carbocycles. The maximum absolute atomic E-state index is 12.0. The third-order valence-corrected chi connectivity index (χ3v) is 3.35. The fourth-order valence-electron chi connectivity index (χ4n) is 1.91. The highest BCUT2D eigenvalue weighted by atomic mass is 32.2. The van der Waals surface area contributed by atoms with Gasteiger partial charge >= 0.3 is 6.09 Å². The van der Waals surface area contributed by atoms with Gasteiger partial charge in [0.15, 0.2) is 0 Å². The minimum Gasteiger partial charge on any atom is -0.444 e. The van der Waals surface area contributed by atoms with Gasteiger partial charge in [-0.3, -0.25) is 4.18 Å². The number of morpholine rings is 1. The molecule has 0 spiro atoms. The number of carbonyl (C=O) groups is 1. The highest BCUT2D eigenvalue weighted by Gasteiger charge is 2.27. The second-order valence-electron chi connectivity index (χ2n) is 6.09. The van der Waals surface area contributed by atoms with Gasteiger partial charge in [-0.2, -0.15) is 8.42 Å². The molecule has 1 heterocycles. The largest absolute Gasteiger partial charge is 0.444 e. The highest BCUT2D eigenvalue weighted by Crippen LogP contribution is 2.15. The third kappa shape index (κ3) is 8.23. The van der Waals surface area contributed by atoms with Gasteiger partial charge in [-0.25, -0.2) is 4.79 Å². The van der Waals surface area contributed by atoms with E-state index in [4.69, 9.17) is 9.47 Å². The van der Waals surface area contributed by atoms with Gasteiger partial charge in [-0.15, -0.1) is 0 Å². The van der Waals surface area contributed by atoms with E-state index < -0.39 is 15.7 Å². The molecule has 8 heteroatoms. The van der Waals surface area contributed by atoms with Crippen molar-refractivity contribution in [2.24, 2.45) is 0 Å². The first kappa shape index (κ1) is 18.2. The maximum Gasteiger partial charge on any atom is 0.410 e. The molecule has 1 fully saturated rings. The summed E-state index contributed by atoms with van der Waals surface area (Å²) in [6, 6.07) is 0. The van der Waals surface area contributed by atoms with E-state index >= 15 is 0 Å². The van der Waals surface area contributed by atoms with Crippen LogP contribution < -0.4 is 0 Å². The number of carbonyl (C=O) groups excluding carboxylic acids is 1. The number of ether oxygens (including phenoxy) is 2. The third-order valence-electron chi connectivity index (χ3n) is 2.76. The van der Waals surface area contributed by atoms with Crippen molar-refractivity contribution in [1.29, 1.82) is 0 Å². The molecule has 0 N–H and O–H groups in total. The number of hydrogen-bond donors (Lipinski definition) is 0. The molecule has 0 radical (unpaired) electrons. The summed E-state index contributed by atoms with van der Waals surface area (Å²) < 4.78 is 37.2. The Morgan fingerprint density at radius 2 is 2.05 bits per heavy atom. The number of rotatable bonds is 5. The minimum absolute atomic E-state index is 0.116. The monoisotopic (exact) mass is 323 g/mol. The van der Waals surface area contributed by atoms with Crippen molar-refractivity contribution in [3.8, 4) is 0 Å². The first-order valence-corrected chi connectivity index (χ1v) is 8.82. The van der Waals surface area contributed by atoms with Gasteiger partial charge < -0.3 is 14.4 Å². The zero-order valence-electron chi connectivity index (χ0n) is 13.1. The molecule has 0 saturated carbocycles. The van der Waals surface area contributed by atoms with Gasteiger partial charge in [-0.1, -0.05) is 0 Å². The first-order valence-electron chi connectivity index (χ1n) is 7.01. The first-order chi connectivity index (χ1) is 9.57. The van der Waals surface area contributed by atoms with Crippen molar-refractivity contribution in [3.05, 3.63) is 0 Å². The Morgan fingerprint density at radius 1 is 1.38 bits per heavy atom. The normalized spacial score (nSPS) is 20.4. The predicted molar refractivity (Wildman–Crippen MR) is 77.6 cm³/mol. The van der Waals surface area contributed by atoms with Gasteiger partial charge in [0.2, 0.25) is 0 Å². The molecule has 0 aromatic carbocycles. The van der Waals surface area contributed by atoms with Crippen LogP contribution in [0.2, 0.25) is 0 Å². The quantitative estimate of drug-likeness (QED) is 0.561. The molecule has 0 unspecified atom stereocenters. The summed E-state index contributed by atoms with van der Waals surface area (Å²) in [7, 11) is -3.40. The van der Waals surface area contributed by atoms with Crippen LogP contribution in [-0.2, 0) is 23.8 Å². The summed E-state index contributed by atoms with van der Waals surface area (Å²) in [6.45, 7) is 7.02. The summed E-state index contributed by atoms with van der Waals surface area (Å²) in [5, 5.41) is 0. The molecule has 7 nitrogen and oxygen atoms in total. The van der Waals surface area contributed by atoms with E-state index in [1.165, 1.54) is 0 Å². The van der Waals surface area contributed by atoms with Crippen molar-refractivity contribution >= 4 is 16.2 Å². The lowest BCUT2D eigenvalue weighted by Gasteiger charge is -2.34. The van der Waals surface area contributed by atoms with E-state index in [1.807, 2.05) is 20.8 Å². The molecule has 124 valence electrons. The summed E-state index contributed by atoms with van der Waals surface area (Å²) >= 11 is 0.